The average molecular weight is 589 g/mol. The summed E-state index contributed by atoms with van der Waals surface area (Å²) in [5, 5.41) is 2.87. The molecule has 9 heteroatoms. The Balaban J connectivity index is 0.00000103. The van der Waals surface area contributed by atoms with Crippen molar-refractivity contribution >= 4 is 86.8 Å². The molecule has 3 nitrogen and oxygen atoms in total. The van der Waals surface area contributed by atoms with Gasteiger partial charge in [0.2, 0.25) is 0 Å². The molecule has 4 aromatic rings. The van der Waals surface area contributed by atoms with Crippen LogP contribution in [-0.2, 0) is 4.74 Å². The summed E-state index contributed by atoms with van der Waals surface area (Å²) in [7, 11) is 1.35. The first-order valence-electron chi connectivity index (χ1n) is 10.8. The van der Waals surface area contributed by atoms with Gasteiger partial charge in [-0.1, -0.05) is 97.6 Å². The third-order valence-corrected chi connectivity index (χ3v) is 7.81. The molecule has 0 aliphatic heterocycles. The van der Waals surface area contributed by atoms with E-state index >= 15 is 0 Å². The number of carbonyl (C=O) groups excluding carboxylic acids is 1. The molecule has 35 heavy (non-hydrogen) atoms. The fourth-order valence-electron chi connectivity index (χ4n) is 2.89. The zero-order chi connectivity index (χ0) is 26.1. The van der Waals surface area contributed by atoms with E-state index in [9.17, 15) is 4.79 Å². The van der Waals surface area contributed by atoms with E-state index in [2.05, 4.69) is 11.1 Å². The van der Waals surface area contributed by atoms with E-state index in [1.165, 1.54) is 30.6 Å². The Labute approximate surface area is 234 Å². The van der Waals surface area contributed by atoms with Crippen molar-refractivity contribution in [3.05, 3.63) is 80.4 Å². The molecule has 1 N–H and O–H groups in total. The number of aromatic nitrogens is 1. The summed E-state index contributed by atoms with van der Waals surface area (Å²) in [6, 6.07) is 16.8. The minimum atomic E-state index is -0.430. The van der Waals surface area contributed by atoms with E-state index in [1.807, 2.05) is 58.0 Å². The van der Waals surface area contributed by atoms with E-state index in [4.69, 9.17) is 51.1 Å². The Morgan fingerprint density at radius 1 is 0.714 bits per heavy atom. The molecular formula is C26H25Cl4NO2S2. The van der Waals surface area contributed by atoms with Crippen molar-refractivity contribution in [1.29, 1.82) is 0 Å². The molecule has 0 bridgehead atoms. The largest absolute Gasteiger partial charge is 0.464 e. The van der Waals surface area contributed by atoms with Crippen LogP contribution in [0.25, 0.3) is 10.9 Å². The normalized spacial score (nSPS) is 10.2. The number of benzene rings is 3. The van der Waals surface area contributed by atoms with Crippen LogP contribution in [0.15, 0.2) is 74.2 Å². The van der Waals surface area contributed by atoms with Gasteiger partial charge >= 0.3 is 5.97 Å². The highest BCUT2D eigenvalue weighted by Crippen LogP contribution is 2.41. The maximum atomic E-state index is 12.1. The number of rotatable bonds is 5. The summed E-state index contributed by atoms with van der Waals surface area (Å²) in [6.07, 6.45) is 0. The number of ether oxygens (including phenoxy) is 1. The summed E-state index contributed by atoms with van der Waals surface area (Å²) >= 11 is 27.5. The van der Waals surface area contributed by atoms with Crippen molar-refractivity contribution in [2.75, 3.05) is 7.11 Å². The lowest BCUT2D eigenvalue weighted by Crippen LogP contribution is -2.00. The van der Waals surface area contributed by atoms with Crippen LogP contribution in [-0.4, -0.2) is 18.1 Å². The van der Waals surface area contributed by atoms with Crippen LogP contribution in [0.5, 0.6) is 0 Å². The molecule has 0 radical (unpaired) electrons. The van der Waals surface area contributed by atoms with Gasteiger partial charge in [0.25, 0.3) is 0 Å². The minimum Gasteiger partial charge on any atom is -0.464 e. The predicted octanol–water partition coefficient (Wildman–Crippen LogP) is 10.9. The van der Waals surface area contributed by atoms with Crippen LogP contribution in [0.3, 0.4) is 0 Å². The Morgan fingerprint density at radius 2 is 1.26 bits per heavy atom. The highest BCUT2D eigenvalue weighted by molar-refractivity contribution is 8.00. The monoisotopic (exact) mass is 587 g/mol. The summed E-state index contributed by atoms with van der Waals surface area (Å²) in [5.74, 6) is -0.430. The number of carbonyl (C=O) groups is 1. The maximum Gasteiger partial charge on any atom is 0.354 e. The van der Waals surface area contributed by atoms with Crippen LogP contribution in [0.1, 0.15) is 38.2 Å². The van der Waals surface area contributed by atoms with Gasteiger partial charge in [0.1, 0.15) is 5.69 Å². The van der Waals surface area contributed by atoms with Crippen LogP contribution in [0.2, 0.25) is 20.1 Å². The minimum absolute atomic E-state index is 0.380. The number of hydrogen-bond donors (Lipinski definition) is 1. The van der Waals surface area contributed by atoms with Gasteiger partial charge in [-0.3, -0.25) is 0 Å². The number of methoxy groups -OCH3 is 1. The van der Waals surface area contributed by atoms with Gasteiger partial charge in [0.15, 0.2) is 0 Å². The molecule has 0 fully saturated rings. The van der Waals surface area contributed by atoms with E-state index in [0.29, 0.717) is 25.8 Å². The lowest BCUT2D eigenvalue weighted by molar-refractivity contribution is 0.0595. The summed E-state index contributed by atoms with van der Waals surface area (Å²) in [4.78, 5) is 19.0. The fourth-order valence-corrected chi connectivity index (χ4v) is 5.66. The number of esters is 1. The predicted molar refractivity (Wildman–Crippen MR) is 154 cm³/mol. The first-order valence-corrected chi connectivity index (χ1v) is 14.0. The fraction of sp³-hybridized carbons (Fsp3) is 0.192. The van der Waals surface area contributed by atoms with Crippen molar-refractivity contribution < 1.29 is 9.53 Å². The smallest absolute Gasteiger partial charge is 0.354 e. The number of halogens is 4. The van der Waals surface area contributed by atoms with Crippen LogP contribution < -0.4 is 0 Å². The molecule has 0 aliphatic carbocycles. The zero-order valence-electron chi connectivity index (χ0n) is 19.8. The second-order valence-corrected chi connectivity index (χ2v) is 10.3. The van der Waals surface area contributed by atoms with Crippen molar-refractivity contribution in [2.24, 2.45) is 0 Å². The van der Waals surface area contributed by atoms with Crippen molar-refractivity contribution in [1.82, 2.24) is 4.98 Å². The molecule has 0 amide bonds. The standard InChI is InChI=1S/C22H13Cl4NO2S2.2C2H6/c1-29-22(28)20-10-14-19(27-20)8-13(30-11-2-4-15(23)17(25)6-11)9-21(14)31-12-3-5-16(24)18(26)7-12;2*1-2/h2-10,27H,1H3;2*1-2H3. The second kappa shape index (κ2) is 14.3. The Bertz CT molecular complexity index is 1310. The highest BCUT2D eigenvalue weighted by Gasteiger charge is 2.15. The molecule has 0 spiro atoms. The molecule has 0 unspecified atom stereocenters. The van der Waals surface area contributed by atoms with Gasteiger partial charge in [-0.2, -0.15) is 0 Å². The van der Waals surface area contributed by atoms with Crippen molar-refractivity contribution in [3.63, 3.8) is 0 Å². The van der Waals surface area contributed by atoms with Gasteiger partial charge in [-0.15, -0.1) is 0 Å². The molecule has 186 valence electrons. The maximum absolute atomic E-state index is 12.1. The lowest BCUT2D eigenvalue weighted by atomic mass is 10.2. The molecule has 1 heterocycles. The Morgan fingerprint density at radius 3 is 1.77 bits per heavy atom. The SMILES string of the molecule is CC.CC.COC(=O)c1cc2c(Sc3ccc(Cl)c(Cl)c3)cc(Sc3ccc(Cl)c(Cl)c3)cc2[nH]1. The summed E-state index contributed by atoms with van der Waals surface area (Å²) < 4.78 is 4.86. The van der Waals surface area contributed by atoms with E-state index in [0.717, 1.165) is 30.5 Å². The summed E-state index contributed by atoms with van der Waals surface area (Å²) in [5.41, 5.74) is 1.19. The number of aromatic amines is 1. The van der Waals surface area contributed by atoms with Gasteiger partial charge in [-0.05, 0) is 54.6 Å². The zero-order valence-corrected chi connectivity index (χ0v) is 24.5. The quantitative estimate of drug-likeness (QED) is 0.235. The molecule has 0 atom stereocenters. The molecule has 0 saturated heterocycles. The molecule has 1 aromatic heterocycles. The van der Waals surface area contributed by atoms with Gasteiger partial charge in [0, 0.05) is 30.5 Å². The highest BCUT2D eigenvalue weighted by atomic mass is 35.5. The third-order valence-electron chi connectivity index (χ3n) is 4.32. The van der Waals surface area contributed by atoms with Gasteiger partial charge in [0.05, 0.1) is 27.2 Å². The first kappa shape index (κ1) is 29.8. The van der Waals surface area contributed by atoms with Crippen LogP contribution in [0.4, 0.5) is 0 Å². The molecule has 3 aromatic carbocycles. The molecule has 0 aliphatic rings. The van der Waals surface area contributed by atoms with Crippen molar-refractivity contribution in [3.8, 4) is 0 Å². The first-order chi connectivity index (χ1) is 16.8. The topological polar surface area (TPSA) is 42.1 Å². The van der Waals surface area contributed by atoms with Crippen molar-refractivity contribution in [2.45, 2.75) is 47.3 Å². The molecule has 4 rings (SSSR count). The number of hydrogen-bond acceptors (Lipinski definition) is 4. The molecular weight excluding hydrogens is 564 g/mol. The number of H-pyrrole nitrogens is 1. The van der Waals surface area contributed by atoms with E-state index in [-0.39, 0.29) is 0 Å². The Hall–Kier alpha value is -1.47. The second-order valence-electron chi connectivity index (χ2n) is 6.41. The van der Waals surface area contributed by atoms with Gasteiger partial charge < -0.3 is 9.72 Å². The average Bonchev–Trinajstić information content (AvgIpc) is 3.30. The number of nitrogens with one attached hydrogen (secondary N) is 1. The third kappa shape index (κ3) is 7.75. The Kier molecular flexibility index (Phi) is 12.2. The van der Waals surface area contributed by atoms with Crippen LogP contribution in [0, 0.1) is 0 Å². The lowest BCUT2D eigenvalue weighted by Gasteiger charge is -2.09. The molecule has 0 saturated carbocycles. The van der Waals surface area contributed by atoms with Crippen LogP contribution >= 0.6 is 69.9 Å². The van der Waals surface area contributed by atoms with Gasteiger partial charge in [-0.25, -0.2) is 4.79 Å². The summed E-state index contributed by atoms with van der Waals surface area (Å²) in [6.45, 7) is 8.00. The van der Waals surface area contributed by atoms with E-state index < -0.39 is 5.97 Å². The van der Waals surface area contributed by atoms with E-state index in [1.54, 1.807) is 18.2 Å². The number of fused-ring (bicyclic) bond motifs is 1.